The van der Waals surface area contributed by atoms with Gasteiger partial charge in [0.25, 0.3) is 0 Å². The van der Waals surface area contributed by atoms with Crippen LogP contribution in [0.2, 0.25) is 0 Å². The fraction of sp³-hybridized carbons (Fsp3) is 0.846. The molecule has 2 unspecified atom stereocenters. The third kappa shape index (κ3) is 4.73. The molecule has 0 spiro atoms. The summed E-state index contributed by atoms with van der Waals surface area (Å²) in [4.78, 5) is 24.9. The summed E-state index contributed by atoms with van der Waals surface area (Å²) in [7, 11) is 1.56. The van der Waals surface area contributed by atoms with E-state index in [-0.39, 0.29) is 25.7 Å². The van der Waals surface area contributed by atoms with Crippen LogP contribution in [0.25, 0.3) is 0 Å². The molecule has 2 atom stereocenters. The van der Waals surface area contributed by atoms with E-state index < -0.39 is 17.9 Å². The number of nitrogens with zero attached hydrogens (tertiary/aromatic N) is 1. The number of ether oxygens (including phenoxy) is 3. The summed E-state index contributed by atoms with van der Waals surface area (Å²) in [5, 5.41) is 9.16. The van der Waals surface area contributed by atoms with Crippen LogP contribution >= 0.6 is 0 Å². The van der Waals surface area contributed by atoms with Crippen LogP contribution < -0.4 is 0 Å². The number of carboxylic acid groups (broad SMARTS) is 1. The van der Waals surface area contributed by atoms with Gasteiger partial charge < -0.3 is 24.2 Å². The van der Waals surface area contributed by atoms with E-state index in [4.69, 9.17) is 19.3 Å². The second-order valence-electron chi connectivity index (χ2n) is 4.68. The van der Waals surface area contributed by atoms with E-state index >= 15 is 0 Å². The normalized spacial score (nSPS) is 21.9. The molecule has 0 aromatic heterocycles. The third-order valence-electron chi connectivity index (χ3n) is 3.21. The van der Waals surface area contributed by atoms with Gasteiger partial charge >= 0.3 is 5.97 Å². The lowest BCUT2D eigenvalue weighted by Gasteiger charge is -2.30. The summed E-state index contributed by atoms with van der Waals surface area (Å²) >= 11 is 0. The highest BCUT2D eigenvalue weighted by molar-refractivity contribution is 5.79. The van der Waals surface area contributed by atoms with Gasteiger partial charge in [0.2, 0.25) is 5.91 Å². The molecule has 1 saturated heterocycles. The lowest BCUT2D eigenvalue weighted by molar-refractivity contribution is -0.146. The Labute approximate surface area is 118 Å². The SMILES string of the molecule is CCCN(C(=O)COCCOC)C1COCC1C(=O)O. The maximum absolute atomic E-state index is 12.2. The molecule has 0 radical (unpaired) electrons. The van der Waals surface area contributed by atoms with E-state index in [1.54, 1.807) is 12.0 Å². The first-order valence-corrected chi connectivity index (χ1v) is 6.78. The summed E-state index contributed by atoms with van der Waals surface area (Å²) < 4.78 is 15.3. The number of hydrogen-bond donors (Lipinski definition) is 1. The first kappa shape index (κ1) is 16.9. The minimum Gasteiger partial charge on any atom is -0.481 e. The molecular formula is C13H23NO6. The largest absolute Gasteiger partial charge is 0.481 e. The zero-order valence-electron chi connectivity index (χ0n) is 12.0. The predicted molar refractivity (Wildman–Crippen MR) is 70.4 cm³/mol. The molecule has 0 aromatic carbocycles. The Hall–Kier alpha value is -1.18. The Morgan fingerprint density at radius 2 is 2.10 bits per heavy atom. The summed E-state index contributed by atoms with van der Waals surface area (Å²) in [6.07, 6.45) is 0.757. The van der Waals surface area contributed by atoms with Gasteiger partial charge in [-0.3, -0.25) is 9.59 Å². The highest BCUT2D eigenvalue weighted by atomic mass is 16.5. The topological polar surface area (TPSA) is 85.3 Å². The van der Waals surface area contributed by atoms with Crippen LogP contribution in [-0.2, 0) is 23.8 Å². The number of rotatable bonds is 9. The molecule has 0 aromatic rings. The van der Waals surface area contributed by atoms with Crippen molar-refractivity contribution in [3.05, 3.63) is 0 Å². The molecule has 1 N–H and O–H groups in total. The van der Waals surface area contributed by atoms with Crippen LogP contribution in [0.3, 0.4) is 0 Å². The number of carbonyl (C=O) groups is 2. The fourth-order valence-electron chi connectivity index (χ4n) is 2.19. The minimum absolute atomic E-state index is 0.0633. The number of aliphatic carboxylic acids is 1. The molecule has 20 heavy (non-hydrogen) atoms. The van der Waals surface area contributed by atoms with Gasteiger partial charge in [0, 0.05) is 13.7 Å². The molecule has 116 valence electrons. The van der Waals surface area contributed by atoms with Crippen molar-refractivity contribution in [2.45, 2.75) is 19.4 Å². The predicted octanol–water partition coefficient (Wildman–Crippen LogP) is -0.0124. The molecule has 1 amide bonds. The van der Waals surface area contributed by atoms with Crippen LogP contribution in [0.15, 0.2) is 0 Å². The molecule has 1 aliphatic heterocycles. The molecule has 7 heteroatoms. The first-order chi connectivity index (χ1) is 9.61. The van der Waals surface area contributed by atoms with E-state index in [1.807, 2.05) is 6.92 Å². The van der Waals surface area contributed by atoms with Gasteiger partial charge in [-0.1, -0.05) is 6.92 Å². The van der Waals surface area contributed by atoms with Crippen LogP contribution in [0, 0.1) is 5.92 Å². The first-order valence-electron chi connectivity index (χ1n) is 6.78. The average molecular weight is 289 g/mol. The van der Waals surface area contributed by atoms with Gasteiger partial charge in [0.1, 0.15) is 12.5 Å². The maximum Gasteiger partial charge on any atom is 0.311 e. The maximum atomic E-state index is 12.2. The molecule has 1 rings (SSSR count). The number of amides is 1. The second kappa shape index (κ2) is 8.89. The van der Waals surface area contributed by atoms with E-state index in [1.165, 1.54) is 0 Å². The van der Waals surface area contributed by atoms with Crippen LogP contribution in [0.1, 0.15) is 13.3 Å². The number of carbonyl (C=O) groups excluding carboxylic acids is 1. The standard InChI is InChI=1S/C13H23NO6/c1-3-4-14(12(15)9-19-6-5-18-2)11-8-20-7-10(11)13(16)17/h10-11H,3-9H2,1-2H3,(H,16,17). The smallest absolute Gasteiger partial charge is 0.311 e. The van der Waals surface area contributed by atoms with Gasteiger partial charge in [0.05, 0.1) is 32.5 Å². The Kier molecular flexibility index (Phi) is 7.50. The lowest BCUT2D eigenvalue weighted by atomic mass is 10.0. The van der Waals surface area contributed by atoms with E-state index in [2.05, 4.69) is 0 Å². The molecule has 7 nitrogen and oxygen atoms in total. The van der Waals surface area contributed by atoms with Crippen LogP contribution in [-0.4, -0.2) is 74.6 Å². The highest BCUT2D eigenvalue weighted by Gasteiger charge is 2.39. The highest BCUT2D eigenvalue weighted by Crippen LogP contribution is 2.20. The zero-order valence-corrected chi connectivity index (χ0v) is 12.0. The van der Waals surface area contributed by atoms with E-state index in [0.717, 1.165) is 6.42 Å². The summed E-state index contributed by atoms with van der Waals surface area (Å²) in [5.74, 6) is -1.80. The van der Waals surface area contributed by atoms with Crippen molar-refractivity contribution >= 4 is 11.9 Å². The van der Waals surface area contributed by atoms with Gasteiger partial charge in [-0.05, 0) is 6.42 Å². The Balaban J connectivity index is 2.58. The monoisotopic (exact) mass is 289 g/mol. The molecule has 0 aliphatic carbocycles. The van der Waals surface area contributed by atoms with Crippen molar-refractivity contribution in [2.24, 2.45) is 5.92 Å². The minimum atomic E-state index is -0.929. The third-order valence-corrected chi connectivity index (χ3v) is 3.21. The number of methoxy groups -OCH3 is 1. The van der Waals surface area contributed by atoms with Crippen molar-refractivity contribution in [1.82, 2.24) is 4.90 Å². The molecule has 1 aliphatic rings. The molecule has 1 fully saturated rings. The van der Waals surface area contributed by atoms with Gasteiger partial charge in [-0.15, -0.1) is 0 Å². The Bertz CT molecular complexity index is 322. The zero-order chi connectivity index (χ0) is 15.0. The number of carboxylic acids is 1. The van der Waals surface area contributed by atoms with Crippen molar-refractivity contribution in [3.8, 4) is 0 Å². The lowest BCUT2D eigenvalue weighted by Crippen LogP contribution is -2.48. The molecular weight excluding hydrogens is 266 g/mol. The summed E-state index contributed by atoms with van der Waals surface area (Å²) in [6.45, 7) is 3.56. The Morgan fingerprint density at radius 3 is 2.70 bits per heavy atom. The van der Waals surface area contributed by atoms with Crippen LogP contribution in [0.5, 0.6) is 0 Å². The Morgan fingerprint density at radius 1 is 1.35 bits per heavy atom. The van der Waals surface area contributed by atoms with Crippen molar-refractivity contribution in [3.63, 3.8) is 0 Å². The van der Waals surface area contributed by atoms with Gasteiger partial charge in [0.15, 0.2) is 0 Å². The summed E-state index contributed by atoms with van der Waals surface area (Å²) in [5.41, 5.74) is 0. The fourth-order valence-corrected chi connectivity index (χ4v) is 2.19. The van der Waals surface area contributed by atoms with Crippen LogP contribution in [0.4, 0.5) is 0 Å². The quantitative estimate of drug-likeness (QED) is 0.601. The van der Waals surface area contributed by atoms with E-state index in [0.29, 0.717) is 19.8 Å². The average Bonchev–Trinajstić information content (AvgIpc) is 2.90. The van der Waals surface area contributed by atoms with Crippen molar-refractivity contribution in [2.75, 3.05) is 46.7 Å². The summed E-state index contributed by atoms with van der Waals surface area (Å²) in [6, 6.07) is -0.411. The van der Waals surface area contributed by atoms with Gasteiger partial charge in [-0.25, -0.2) is 0 Å². The van der Waals surface area contributed by atoms with Crippen molar-refractivity contribution in [1.29, 1.82) is 0 Å². The molecule has 0 bridgehead atoms. The van der Waals surface area contributed by atoms with E-state index in [9.17, 15) is 9.59 Å². The van der Waals surface area contributed by atoms with Gasteiger partial charge in [-0.2, -0.15) is 0 Å². The molecule has 0 saturated carbocycles. The number of hydrogen-bond acceptors (Lipinski definition) is 5. The second-order valence-corrected chi connectivity index (χ2v) is 4.68. The molecule has 1 heterocycles. The van der Waals surface area contributed by atoms with Crippen molar-refractivity contribution < 1.29 is 28.9 Å².